The molecule has 4 rings (SSSR count). The van der Waals surface area contributed by atoms with Crippen molar-refractivity contribution in [2.75, 3.05) is 58.9 Å². The molecule has 2 fully saturated rings. The number of pyridine rings is 1. The van der Waals surface area contributed by atoms with Crippen LogP contribution in [0.25, 0.3) is 10.9 Å². The summed E-state index contributed by atoms with van der Waals surface area (Å²) in [5.74, 6) is -0.156. The number of fused-ring (bicyclic) bond motifs is 1. The highest BCUT2D eigenvalue weighted by Crippen LogP contribution is 2.31. The summed E-state index contributed by atoms with van der Waals surface area (Å²) in [5, 5.41) is 9.41. The Morgan fingerprint density at radius 1 is 1.22 bits per heavy atom. The molecule has 32 heavy (non-hydrogen) atoms. The number of anilines is 1. The van der Waals surface area contributed by atoms with Gasteiger partial charge in [0.05, 0.1) is 24.0 Å². The first-order valence-corrected chi connectivity index (χ1v) is 11.0. The molecule has 0 saturated carbocycles. The fourth-order valence-electron chi connectivity index (χ4n) is 4.33. The van der Waals surface area contributed by atoms with Crippen LogP contribution >= 0.6 is 11.6 Å². The average Bonchev–Trinajstić information content (AvgIpc) is 3.16. The van der Waals surface area contributed by atoms with Gasteiger partial charge in [-0.3, -0.25) is 9.80 Å². The van der Waals surface area contributed by atoms with Gasteiger partial charge in [0, 0.05) is 51.6 Å². The van der Waals surface area contributed by atoms with Crippen molar-refractivity contribution in [1.29, 1.82) is 5.26 Å². The fraction of sp³-hybridized carbons (Fsp3) is 0.619. The number of hydrogen-bond acceptors (Lipinski definition) is 9. The second kappa shape index (κ2) is 9.67. The maximum absolute atomic E-state index is 14.9. The Bertz CT molecular complexity index is 1020. The van der Waals surface area contributed by atoms with Crippen molar-refractivity contribution in [3.63, 3.8) is 0 Å². The molecule has 3 atom stereocenters. The van der Waals surface area contributed by atoms with Gasteiger partial charge in [0.25, 0.3) is 0 Å². The van der Waals surface area contributed by atoms with E-state index < -0.39 is 5.82 Å². The standard InChI is InChI=1S/C21H27ClFN7O2/c1-28-6-7-30(10-13(28)4-5-24)20-16-9-25-19(22)17(23)18(16)26-21(27-20)32-12-14-8-15(31-3)11-29(14)2/h9,13-15H,4,6-8,10-12H2,1-3H3/t13-,14-,15+/m0/s1. The number of hydrogen-bond donors (Lipinski definition) is 0. The zero-order valence-corrected chi connectivity index (χ0v) is 19.2. The van der Waals surface area contributed by atoms with Gasteiger partial charge in [0.2, 0.25) is 0 Å². The second-order valence-electron chi connectivity index (χ2n) is 8.40. The molecule has 9 nitrogen and oxygen atoms in total. The molecule has 0 spiro atoms. The highest BCUT2D eigenvalue weighted by molar-refractivity contribution is 6.30. The van der Waals surface area contributed by atoms with E-state index in [4.69, 9.17) is 21.1 Å². The van der Waals surface area contributed by atoms with E-state index in [0.29, 0.717) is 37.3 Å². The van der Waals surface area contributed by atoms with Crippen molar-refractivity contribution in [2.24, 2.45) is 0 Å². The van der Waals surface area contributed by atoms with Crippen molar-refractivity contribution in [3.8, 4) is 12.1 Å². The number of piperazine rings is 1. The van der Waals surface area contributed by atoms with Crippen molar-refractivity contribution in [3.05, 3.63) is 17.2 Å². The minimum Gasteiger partial charge on any atom is -0.462 e. The number of nitrogens with zero attached hydrogens (tertiary/aromatic N) is 7. The highest BCUT2D eigenvalue weighted by atomic mass is 35.5. The van der Waals surface area contributed by atoms with Gasteiger partial charge in [-0.25, -0.2) is 9.37 Å². The SMILES string of the molecule is CO[C@@H]1C[C@@H](COc2nc(N3CCN(C)[C@@H](CC#N)C3)c3cnc(Cl)c(F)c3n2)N(C)C1. The molecule has 4 heterocycles. The maximum Gasteiger partial charge on any atom is 0.319 e. The van der Waals surface area contributed by atoms with Crippen LogP contribution < -0.4 is 9.64 Å². The van der Waals surface area contributed by atoms with Gasteiger partial charge in [-0.1, -0.05) is 11.6 Å². The van der Waals surface area contributed by atoms with E-state index >= 15 is 0 Å². The summed E-state index contributed by atoms with van der Waals surface area (Å²) in [6, 6.07) is 2.53. The first kappa shape index (κ1) is 22.9. The minimum atomic E-state index is -0.696. The summed E-state index contributed by atoms with van der Waals surface area (Å²) in [5.41, 5.74) is 0.0790. The molecule has 0 aromatic carbocycles. The molecule has 2 aromatic rings. The lowest BCUT2D eigenvalue weighted by atomic mass is 10.1. The summed E-state index contributed by atoms with van der Waals surface area (Å²) >= 11 is 5.93. The molecule has 2 aromatic heterocycles. The summed E-state index contributed by atoms with van der Waals surface area (Å²) < 4.78 is 26.2. The molecule has 11 heteroatoms. The first-order valence-electron chi connectivity index (χ1n) is 10.6. The Morgan fingerprint density at radius 2 is 2.03 bits per heavy atom. The highest BCUT2D eigenvalue weighted by Gasteiger charge is 2.31. The van der Waals surface area contributed by atoms with Crippen LogP contribution in [0.1, 0.15) is 12.8 Å². The van der Waals surface area contributed by atoms with Crippen molar-refractivity contribution in [1.82, 2.24) is 24.8 Å². The molecule has 0 N–H and O–H groups in total. The van der Waals surface area contributed by atoms with E-state index in [1.807, 2.05) is 19.0 Å². The third kappa shape index (κ3) is 4.57. The summed E-state index contributed by atoms with van der Waals surface area (Å²) in [6.45, 7) is 3.20. The smallest absolute Gasteiger partial charge is 0.319 e. The van der Waals surface area contributed by atoms with Gasteiger partial charge in [-0.15, -0.1) is 0 Å². The molecule has 2 saturated heterocycles. The number of likely N-dealkylation sites (N-methyl/N-ethyl adjacent to an activating group) is 2. The second-order valence-corrected chi connectivity index (χ2v) is 8.75. The summed E-state index contributed by atoms with van der Waals surface area (Å²) in [6.07, 6.45) is 2.88. The molecule has 0 radical (unpaired) electrons. The lowest BCUT2D eigenvalue weighted by Gasteiger charge is -2.39. The topological polar surface area (TPSA) is 90.6 Å². The number of halogens is 2. The summed E-state index contributed by atoms with van der Waals surface area (Å²) in [7, 11) is 5.72. The third-order valence-electron chi connectivity index (χ3n) is 6.39. The number of ether oxygens (including phenoxy) is 2. The molecule has 0 bridgehead atoms. The maximum atomic E-state index is 14.9. The number of methoxy groups -OCH3 is 1. The van der Waals surface area contributed by atoms with E-state index in [-0.39, 0.29) is 34.9 Å². The lowest BCUT2D eigenvalue weighted by molar-refractivity contribution is 0.111. The van der Waals surface area contributed by atoms with Crippen LogP contribution in [0.15, 0.2) is 6.20 Å². The van der Waals surface area contributed by atoms with E-state index in [1.54, 1.807) is 7.11 Å². The fourth-order valence-corrected chi connectivity index (χ4v) is 4.47. The molecular weight excluding hydrogens is 437 g/mol. The van der Waals surface area contributed by atoms with Crippen LogP contribution in [0.2, 0.25) is 5.15 Å². The Morgan fingerprint density at radius 3 is 2.75 bits per heavy atom. The first-order chi connectivity index (χ1) is 15.4. The zero-order chi connectivity index (χ0) is 22.8. The van der Waals surface area contributed by atoms with Crippen LogP contribution in [0.4, 0.5) is 10.2 Å². The molecule has 172 valence electrons. The van der Waals surface area contributed by atoms with Crippen molar-refractivity contribution < 1.29 is 13.9 Å². The molecule has 0 aliphatic carbocycles. The van der Waals surface area contributed by atoms with Gasteiger partial charge in [-0.05, 0) is 20.5 Å². The monoisotopic (exact) mass is 463 g/mol. The number of aromatic nitrogens is 3. The predicted molar refractivity (Wildman–Crippen MR) is 118 cm³/mol. The third-order valence-corrected chi connectivity index (χ3v) is 6.66. The normalized spacial score (nSPS) is 24.8. The quantitative estimate of drug-likeness (QED) is 0.596. The van der Waals surface area contributed by atoms with E-state index in [9.17, 15) is 9.65 Å². The van der Waals surface area contributed by atoms with Crippen LogP contribution in [0, 0.1) is 17.1 Å². The van der Waals surface area contributed by atoms with Gasteiger partial charge in [0.15, 0.2) is 11.0 Å². The average molecular weight is 464 g/mol. The predicted octanol–water partition coefficient (Wildman–Crippen LogP) is 1.95. The molecule has 2 aliphatic heterocycles. The van der Waals surface area contributed by atoms with Gasteiger partial charge < -0.3 is 14.4 Å². The molecule has 0 amide bonds. The van der Waals surface area contributed by atoms with Crippen LogP contribution in [0.5, 0.6) is 6.01 Å². The van der Waals surface area contributed by atoms with E-state index in [0.717, 1.165) is 19.5 Å². The molecule has 0 unspecified atom stereocenters. The Balaban J connectivity index is 1.64. The zero-order valence-electron chi connectivity index (χ0n) is 18.5. The lowest BCUT2D eigenvalue weighted by Crippen LogP contribution is -2.51. The van der Waals surface area contributed by atoms with Crippen molar-refractivity contribution in [2.45, 2.75) is 31.0 Å². The number of likely N-dealkylation sites (tertiary alicyclic amines) is 1. The van der Waals surface area contributed by atoms with E-state index in [2.05, 4.69) is 30.8 Å². The van der Waals surface area contributed by atoms with Crippen molar-refractivity contribution >= 4 is 28.3 Å². The summed E-state index contributed by atoms with van der Waals surface area (Å²) in [4.78, 5) is 19.3. The minimum absolute atomic E-state index is 0.0476. The Hall–Kier alpha value is -2.32. The van der Waals surface area contributed by atoms with Crippen LogP contribution in [-0.4, -0.2) is 96.9 Å². The largest absolute Gasteiger partial charge is 0.462 e. The van der Waals surface area contributed by atoms with Crippen LogP contribution in [-0.2, 0) is 4.74 Å². The Labute approximate surface area is 191 Å². The van der Waals surface area contributed by atoms with Gasteiger partial charge in [-0.2, -0.15) is 15.2 Å². The van der Waals surface area contributed by atoms with Gasteiger partial charge >= 0.3 is 6.01 Å². The molecule has 2 aliphatic rings. The Kier molecular flexibility index (Phi) is 6.90. The van der Waals surface area contributed by atoms with Crippen LogP contribution in [0.3, 0.4) is 0 Å². The number of nitriles is 1. The van der Waals surface area contributed by atoms with Gasteiger partial charge in [0.1, 0.15) is 17.9 Å². The number of rotatable bonds is 6. The molecular formula is C21H27ClFN7O2. The van der Waals surface area contributed by atoms with E-state index in [1.165, 1.54) is 6.20 Å².